The molecule has 17 heavy (non-hydrogen) atoms. The van der Waals surface area contributed by atoms with Gasteiger partial charge in [-0.25, -0.2) is 9.59 Å². The molecule has 6 heteroatoms. The lowest BCUT2D eigenvalue weighted by Gasteiger charge is -2.30. The molecule has 6 nitrogen and oxygen atoms in total. The molecule has 0 saturated carbocycles. The fraction of sp³-hybridized carbons (Fsp3) is 0.818. The van der Waals surface area contributed by atoms with E-state index in [1.807, 2.05) is 0 Å². The van der Waals surface area contributed by atoms with Gasteiger partial charge in [0.05, 0.1) is 19.8 Å². The van der Waals surface area contributed by atoms with Crippen molar-refractivity contribution in [1.29, 1.82) is 0 Å². The molecule has 0 N–H and O–H groups in total. The van der Waals surface area contributed by atoms with Crippen LogP contribution >= 0.6 is 0 Å². The third-order valence-electron chi connectivity index (χ3n) is 3.01. The van der Waals surface area contributed by atoms with Gasteiger partial charge in [-0.05, 0) is 13.3 Å². The van der Waals surface area contributed by atoms with E-state index < -0.39 is 17.7 Å². The van der Waals surface area contributed by atoms with Crippen molar-refractivity contribution < 1.29 is 28.5 Å². The molecule has 2 aliphatic rings. The molecule has 2 fully saturated rings. The minimum atomic E-state index is -1.21. The quantitative estimate of drug-likeness (QED) is 0.686. The van der Waals surface area contributed by atoms with Gasteiger partial charge in [-0.3, -0.25) is 0 Å². The number of hydrogen-bond donors (Lipinski definition) is 0. The first-order valence-corrected chi connectivity index (χ1v) is 5.71. The van der Waals surface area contributed by atoms with Crippen molar-refractivity contribution in [3.63, 3.8) is 0 Å². The van der Waals surface area contributed by atoms with Crippen molar-refractivity contribution in [3.05, 3.63) is 0 Å². The number of ether oxygens (including phenoxy) is 4. The van der Waals surface area contributed by atoms with Crippen LogP contribution in [0, 0.1) is 5.92 Å². The summed E-state index contributed by atoms with van der Waals surface area (Å²) in [5.74, 6) is -0.265. The van der Waals surface area contributed by atoms with Crippen LogP contribution in [0.4, 0.5) is 4.79 Å². The Labute approximate surface area is 99.2 Å². The third-order valence-corrected chi connectivity index (χ3v) is 3.01. The molecule has 0 aromatic rings. The van der Waals surface area contributed by atoms with Crippen molar-refractivity contribution >= 4 is 12.1 Å². The van der Waals surface area contributed by atoms with Crippen LogP contribution in [0.3, 0.4) is 0 Å². The van der Waals surface area contributed by atoms with Crippen LogP contribution in [0.2, 0.25) is 0 Å². The van der Waals surface area contributed by atoms with E-state index in [4.69, 9.17) is 14.2 Å². The molecular weight excluding hydrogens is 228 g/mol. The molecule has 2 unspecified atom stereocenters. The van der Waals surface area contributed by atoms with Crippen LogP contribution in [0.15, 0.2) is 0 Å². The number of esters is 1. The maximum absolute atomic E-state index is 11.8. The lowest BCUT2D eigenvalue weighted by Crippen LogP contribution is -2.46. The van der Waals surface area contributed by atoms with Gasteiger partial charge in [-0.15, -0.1) is 0 Å². The zero-order chi connectivity index (χ0) is 12.3. The molecule has 2 atom stereocenters. The van der Waals surface area contributed by atoms with Crippen LogP contribution in [0.5, 0.6) is 0 Å². The van der Waals surface area contributed by atoms with Crippen molar-refractivity contribution in [2.45, 2.75) is 25.4 Å². The fourth-order valence-corrected chi connectivity index (χ4v) is 1.80. The largest absolute Gasteiger partial charge is 0.509 e. The van der Waals surface area contributed by atoms with E-state index in [9.17, 15) is 9.59 Å². The topological polar surface area (TPSA) is 71.1 Å². The zero-order valence-corrected chi connectivity index (χ0v) is 9.77. The van der Waals surface area contributed by atoms with Crippen LogP contribution in [-0.2, 0) is 23.7 Å². The van der Waals surface area contributed by atoms with Crippen molar-refractivity contribution in [1.82, 2.24) is 0 Å². The molecule has 2 rings (SSSR count). The molecule has 2 heterocycles. The standard InChI is InChI=1S/C11H16O6/c1-11(3-5-15-10(13)17-11)9(12)16-7-8-2-4-14-6-8/h8H,2-7H2,1H3. The SMILES string of the molecule is CC1(C(=O)OCC2CCOC2)CCOC(=O)O1. The Balaban J connectivity index is 1.83. The Bertz CT molecular complexity index is 309. The number of carbonyl (C=O) groups is 2. The van der Waals surface area contributed by atoms with Crippen LogP contribution in [-0.4, -0.2) is 44.2 Å². The highest BCUT2D eigenvalue weighted by Gasteiger charge is 2.43. The Kier molecular flexibility index (Phi) is 3.51. The van der Waals surface area contributed by atoms with Crippen molar-refractivity contribution in [2.24, 2.45) is 5.92 Å². The summed E-state index contributed by atoms with van der Waals surface area (Å²) >= 11 is 0. The van der Waals surface area contributed by atoms with Crippen LogP contribution in [0.1, 0.15) is 19.8 Å². The Morgan fingerprint density at radius 3 is 3.00 bits per heavy atom. The van der Waals surface area contributed by atoms with Gasteiger partial charge in [0.25, 0.3) is 0 Å². The van der Waals surface area contributed by atoms with Crippen LogP contribution in [0.25, 0.3) is 0 Å². The fourth-order valence-electron chi connectivity index (χ4n) is 1.80. The van der Waals surface area contributed by atoms with Gasteiger partial charge in [-0.2, -0.15) is 0 Å². The van der Waals surface area contributed by atoms with E-state index in [0.717, 1.165) is 6.42 Å². The number of cyclic esters (lactones) is 2. The smallest absolute Gasteiger partial charge is 0.462 e. The first kappa shape index (κ1) is 12.2. The minimum Gasteiger partial charge on any atom is -0.462 e. The average Bonchev–Trinajstić information content (AvgIpc) is 2.78. The summed E-state index contributed by atoms with van der Waals surface area (Å²) in [6.07, 6.45) is 0.394. The molecule has 96 valence electrons. The van der Waals surface area contributed by atoms with Crippen molar-refractivity contribution in [2.75, 3.05) is 26.4 Å². The molecule has 0 aromatic heterocycles. The van der Waals surface area contributed by atoms with Gasteiger partial charge in [-0.1, -0.05) is 0 Å². The highest BCUT2D eigenvalue weighted by atomic mass is 16.7. The summed E-state index contributed by atoms with van der Waals surface area (Å²) in [6, 6.07) is 0. The highest BCUT2D eigenvalue weighted by molar-refractivity contribution is 5.82. The molecule has 0 bridgehead atoms. The second kappa shape index (κ2) is 4.91. The van der Waals surface area contributed by atoms with Gasteiger partial charge in [0.2, 0.25) is 5.60 Å². The Morgan fingerprint density at radius 1 is 1.53 bits per heavy atom. The molecule has 2 saturated heterocycles. The lowest BCUT2D eigenvalue weighted by molar-refractivity contribution is -0.174. The van der Waals surface area contributed by atoms with Gasteiger partial charge in [0, 0.05) is 18.9 Å². The molecule has 0 spiro atoms. The third kappa shape index (κ3) is 2.88. The maximum atomic E-state index is 11.8. The van der Waals surface area contributed by atoms with Gasteiger partial charge in [0.1, 0.15) is 0 Å². The van der Waals surface area contributed by atoms with Crippen LogP contribution < -0.4 is 0 Å². The molecule has 0 aromatic carbocycles. The molecule has 0 amide bonds. The summed E-state index contributed by atoms with van der Waals surface area (Å²) < 4.78 is 19.8. The maximum Gasteiger partial charge on any atom is 0.509 e. The monoisotopic (exact) mass is 244 g/mol. The van der Waals surface area contributed by atoms with Gasteiger partial charge >= 0.3 is 12.1 Å². The van der Waals surface area contributed by atoms with Gasteiger partial charge < -0.3 is 18.9 Å². The summed E-state index contributed by atoms with van der Waals surface area (Å²) in [6.45, 7) is 3.36. The summed E-state index contributed by atoms with van der Waals surface area (Å²) in [7, 11) is 0. The van der Waals surface area contributed by atoms with E-state index in [-0.39, 0.29) is 12.5 Å². The number of hydrogen-bond acceptors (Lipinski definition) is 6. The second-order valence-corrected chi connectivity index (χ2v) is 4.51. The van der Waals surface area contributed by atoms with Gasteiger partial charge in [0.15, 0.2) is 0 Å². The first-order valence-electron chi connectivity index (χ1n) is 5.71. The zero-order valence-electron chi connectivity index (χ0n) is 9.77. The normalized spacial score (nSPS) is 32.8. The van der Waals surface area contributed by atoms with E-state index in [0.29, 0.717) is 26.2 Å². The van der Waals surface area contributed by atoms with E-state index in [2.05, 4.69) is 4.74 Å². The Hall–Kier alpha value is -1.30. The average molecular weight is 244 g/mol. The van der Waals surface area contributed by atoms with E-state index >= 15 is 0 Å². The Morgan fingerprint density at radius 2 is 2.35 bits per heavy atom. The number of rotatable bonds is 3. The molecule has 2 aliphatic heterocycles. The minimum absolute atomic E-state index is 0.178. The highest BCUT2D eigenvalue weighted by Crippen LogP contribution is 2.24. The molecular formula is C11H16O6. The first-order chi connectivity index (χ1) is 8.10. The molecule has 0 radical (unpaired) electrons. The predicted octanol–water partition coefficient (Wildman–Crippen LogP) is 0.882. The molecule has 0 aliphatic carbocycles. The summed E-state index contributed by atoms with van der Waals surface area (Å²) in [5, 5.41) is 0. The summed E-state index contributed by atoms with van der Waals surface area (Å²) in [4.78, 5) is 22.8. The number of carbonyl (C=O) groups excluding carboxylic acids is 2. The van der Waals surface area contributed by atoms with Crippen molar-refractivity contribution in [3.8, 4) is 0 Å². The lowest BCUT2D eigenvalue weighted by atomic mass is 10.0. The van der Waals surface area contributed by atoms with E-state index in [1.54, 1.807) is 6.92 Å². The summed E-state index contributed by atoms with van der Waals surface area (Å²) in [5.41, 5.74) is -1.21. The van der Waals surface area contributed by atoms with E-state index in [1.165, 1.54) is 0 Å². The second-order valence-electron chi connectivity index (χ2n) is 4.51. The predicted molar refractivity (Wildman–Crippen MR) is 55.3 cm³/mol.